The number of carbonyl (C=O) groups is 1. The Morgan fingerprint density at radius 2 is 2.16 bits per heavy atom. The number of nitrogens with zero attached hydrogens (tertiary/aromatic N) is 3. The molecule has 1 aliphatic rings. The second kappa shape index (κ2) is 6.49. The summed E-state index contributed by atoms with van der Waals surface area (Å²) in [5.41, 5.74) is 0.462. The third-order valence-electron chi connectivity index (χ3n) is 3.73. The van der Waals surface area contributed by atoms with Crippen molar-refractivity contribution < 1.29 is 17.6 Å². The molecule has 0 bridgehead atoms. The van der Waals surface area contributed by atoms with Crippen LogP contribution in [0.1, 0.15) is 12.0 Å². The second-order valence-corrected chi connectivity index (χ2v) is 7.40. The maximum absolute atomic E-state index is 13.2. The standard InChI is InChI=1S/C16H13FN4O3S/c17-12-2-1-3-13(9-12)20-16(22)14-5-7-25(23,24)21(14)15-8-11(10-18)4-6-19-15/h1-4,6,8-9,14H,5,7H2,(H,20,22). The number of nitrogens with one attached hydrogen (secondary N) is 1. The number of carbonyl (C=O) groups excluding carboxylic acids is 1. The molecule has 1 atom stereocenters. The summed E-state index contributed by atoms with van der Waals surface area (Å²) in [6.07, 6.45) is 1.38. The minimum absolute atomic E-state index is 0.0101. The lowest BCUT2D eigenvalue weighted by atomic mass is 10.2. The molecule has 9 heteroatoms. The molecule has 1 amide bonds. The Kier molecular flexibility index (Phi) is 4.37. The van der Waals surface area contributed by atoms with Crippen LogP contribution in [0.15, 0.2) is 42.6 Å². The normalized spacial score (nSPS) is 18.6. The highest BCUT2D eigenvalue weighted by atomic mass is 32.2. The number of anilines is 2. The molecule has 2 aromatic rings. The van der Waals surface area contributed by atoms with Gasteiger partial charge in [-0.2, -0.15) is 5.26 Å². The van der Waals surface area contributed by atoms with E-state index in [9.17, 15) is 17.6 Å². The molecule has 1 saturated heterocycles. The van der Waals surface area contributed by atoms with Gasteiger partial charge < -0.3 is 5.32 Å². The topological polar surface area (TPSA) is 103 Å². The number of hydrogen-bond acceptors (Lipinski definition) is 5. The molecular formula is C16H13FN4O3S. The van der Waals surface area contributed by atoms with E-state index in [1.54, 1.807) is 0 Å². The Morgan fingerprint density at radius 3 is 2.88 bits per heavy atom. The summed E-state index contributed by atoms with van der Waals surface area (Å²) in [6.45, 7) is 0. The zero-order chi connectivity index (χ0) is 18.0. The van der Waals surface area contributed by atoms with Crippen molar-refractivity contribution in [2.45, 2.75) is 12.5 Å². The van der Waals surface area contributed by atoms with Gasteiger partial charge in [-0.1, -0.05) is 6.07 Å². The molecule has 1 unspecified atom stereocenters. The van der Waals surface area contributed by atoms with Crippen molar-refractivity contribution in [3.8, 4) is 6.07 Å². The van der Waals surface area contributed by atoms with Gasteiger partial charge in [-0.3, -0.25) is 4.79 Å². The van der Waals surface area contributed by atoms with E-state index in [0.29, 0.717) is 0 Å². The van der Waals surface area contributed by atoms with Crippen LogP contribution in [-0.4, -0.2) is 31.1 Å². The first-order valence-electron chi connectivity index (χ1n) is 7.35. The van der Waals surface area contributed by atoms with Crippen LogP contribution in [-0.2, 0) is 14.8 Å². The van der Waals surface area contributed by atoms with Gasteiger partial charge in [-0.25, -0.2) is 22.1 Å². The van der Waals surface area contributed by atoms with Crippen molar-refractivity contribution >= 4 is 27.4 Å². The number of aromatic nitrogens is 1. The predicted octanol–water partition coefficient (Wildman–Crippen LogP) is 1.64. The molecule has 2 heterocycles. The number of rotatable bonds is 3. The van der Waals surface area contributed by atoms with E-state index in [1.165, 1.54) is 36.5 Å². The van der Waals surface area contributed by atoms with Gasteiger partial charge in [-0.15, -0.1) is 0 Å². The summed E-state index contributed by atoms with van der Waals surface area (Å²) in [7, 11) is -3.73. The summed E-state index contributed by atoms with van der Waals surface area (Å²) < 4.78 is 38.9. The van der Waals surface area contributed by atoms with Gasteiger partial charge in [0.15, 0.2) is 0 Å². The van der Waals surface area contributed by atoms with Crippen LogP contribution in [0, 0.1) is 17.1 Å². The van der Waals surface area contributed by atoms with E-state index in [1.807, 2.05) is 6.07 Å². The summed E-state index contributed by atoms with van der Waals surface area (Å²) in [6, 6.07) is 8.95. The van der Waals surface area contributed by atoms with E-state index >= 15 is 0 Å². The Labute approximate surface area is 143 Å². The van der Waals surface area contributed by atoms with Gasteiger partial charge in [0.25, 0.3) is 0 Å². The molecular weight excluding hydrogens is 347 g/mol. The quantitative estimate of drug-likeness (QED) is 0.896. The van der Waals surface area contributed by atoms with Crippen LogP contribution < -0.4 is 9.62 Å². The van der Waals surface area contributed by atoms with E-state index in [4.69, 9.17) is 5.26 Å². The third-order valence-corrected chi connectivity index (χ3v) is 5.52. The van der Waals surface area contributed by atoms with Gasteiger partial charge in [0, 0.05) is 11.9 Å². The van der Waals surface area contributed by atoms with Gasteiger partial charge >= 0.3 is 0 Å². The van der Waals surface area contributed by atoms with Gasteiger partial charge in [0.05, 0.1) is 17.4 Å². The van der Waals surface area contributed by atoms with E-state index in [0.717, 1.165) is 10.4 Å². The first-order valence-corrected chi connectivity index (χ1v) is 8.96. The molecule has 1 fully saturated rings. The zero-order valence-electron chi connectivity index (χ0n) is 12.9. The SMILES string of the molecule is N#Cc1ccnc(N2C(C(=O)Nc3cccc(F)c3)CCS2(=O)=O)c1. The zero-order valence-corrected chi connectivity index (χ0v) is 13.7. The second-order valence-electron chi connectivity index (χ2n) is 5.43. The predicted molar refractivity (Wildman–Crippen MR) is 88.7 cm³/mol. The summed E-state index contributed by atoms with van der Waals surface area (Å²) in [5, 5.41) is 11.5. The molecule has 128 valence electrons. The van der Waals surface area contributed by atoms with Crippen molar-refractivity contribution in [3.63, 3.8) is 0 Å². The lowest BCUT2D eigenvalue weighted by Crippen LogP contribution is -2.42. The lowest BCUT2D eigenvalue weighted by Gasteiger charge is -2.23. The van der Waals surface area contributed by atoms with Crippen molar-refractivity contribution in [3.05, 3.63) is 54.0 Å². The average molecular weight is 360 g/mol. The summed E-state index contributed by atoms with van der Waals surface area (Å²) in [5.74, 6) is -1.31. The number of sulfonamides is 1. The summed E-state index contributed by atoms with van der Waals surface area (Å²) in [4.78, 5) is 16.5. The maximum atomic E-state index is 13.2. The van der Waals surface area contributed by atoms with Crippen LogP contribution in [0.3, 0.4) is 0 Å². The molecule has 3 rings (SSSR count). The van der Waals surface area contributed by atoms with Crippen LogP contribution >= 0.6 is 0 Å². The molecule has 0 spiro atoms. The van der Waals surface area contributed by atoms with Crippen molar-refractivity contribution in [2.75, 3.05) is 15.4 Å². The molecule has 7 nitrogen and oxygen atoms in total. The number of halogens is 1. The highest BCUT2D eigenvalue weighted by molar-refractivity contribution is 7.93. The fourth-order valence-electron chi connectivity index (χ4n) is 2.61. The lowest BCUT2D eigenvalue weighted by molar-refractivity contribution is -0.117. The van der Waals surface area contributed by atoms with Crippen molar-refractivity contribution in [2.24, 2.45) is 0 Å². The van der Waals surface area contributed by atoms with E-state index in [2.05, 4.69) is 10.3 Å². The number of amides is 1. The van der Waals surface area contributed by atoms with Crippen LogP contribution in [0.2, 0.25) is 0 Å². The Bertz CT molecular complexity index is 971. The fourth-order valence-corrected chi connectivity index (χ4v) is 4.30. The number of nitriles is 1. The smallest absolute Gasteiger partial charge is 0.248 e. The highest BCUT2D eigenvalue weighted by Crippen LogP contribution is 2.28. The van der Waals surface area contributed by atoms with Gasteiger partial charge in [0.1, 0.15) is 17.7 Å². The molecule has 25 heavy (non-hydrogen) atoms. The first kappa shape index (κ1) is 16.9. The number of pyridine rings is 1. The minimum Gasteiger partial charge on any atom is -0.324 e. The molecule has 1 aromatic heterocycles. The van der Waals surface area contributed by atoms with Crippen molar-refractivity contribution in [1.82, 2.24) is 4.98 Å². The largest absolute Gasteiger partial charge is 0.324 e. The van der Waals surface area contributed by atoms with Crippen molar-refractivity contribution in [1.29, 1.82) is 5.26 Å². The van der Waals surface area contributed by atoms with E-state index < -0.39 is 27.8 Å². The molecule has 1 aromatic carbocycles. The number of hydrogen-bond donors (Lipinski definition) is 1. The Balaban J connectivity index is 1.91. The summed E-state index contributed by atoms with van der Waals surface area (Å²) >= 11 is 0. The highest BCUT2D eigenvalue weighted by Gasteiger charge is 2.42. The Morgan fingerprint density at radius 1 is 1.36 bits per heavy atom. The van der Waals surface area contributed by atoms with Gasteiger partial charge in [0.2, 0.25) is 15.9 Å². The van der Waals surface area contributed by atoms with Crippen LogP contribution in [0.4, 0.5) is 15.9 Å². The molecule has 1 N–H and O–H groups in total. The molecule has 1 aliphatic heterocycles. The first-order chi connectivity index (χ1) is 11.9. The van der Waals surface area contributed by atoms with Crippen LogP contribution in [0.25, 0.3) is 0 Å². The van der Waals surface area contributed by atoms with E-state index in [-0.39, 0.29) is 29.2 Å². The molecule has 0 aliphatic carbocycles. The molecule has 0 radical (unpaired) electrons. The monoisotopic (exact) mass is 360 g/mol. The van der Waals surface area contributed by atoms with Crippen LogP contribution in [0.5, 0.6) is 0 Å². The number of benzene rings is 1. The van der Waals surface area contributed by atoms with Gasteiger partial charge in [-0.05, 0) is 36.8 Å². The fraction of sp³-hybridized carbons (Fsp3) is 0.188. The minimum atomic E-state index is -3.73. The average Bonchev–Trinajstić information content (AvgIpc) is 2.90. The maximum Gasteiger partial charge on any atom is 0.248 e. The molecule has 0 saturated carbocycles. The third kappa shape index (κ3) is 3.44. The Hall–Kier alpha value is -2.99.